The summed E-state index contributed by atoms with van der Waals surface area (Å²) >= 11 is 3.26. The van der Waals surface area contributed by atoms with Crippen LogP contribution in [0.1, 0.15) is 13.3 Å². The normalized spacial score (nSPS) is 12.5. The molecule has 0 heterocycles. The molecule has 0 fully saturated rings. The Labute approximate surface area is 100 Å². The van der Waals surface area contributed by atoms with E-state index >= 15 is 0 Å². The smallest absolute Gasteiger partial charge is 0.223 e. The van der Waals surface area contributed by atoms with Gasteiger partial charge in [0.05, 0.1) is 19.3 Å². The highest BCUT2D eigenvalue weighted by Gasteiger charge is 2.18. The maximum Gasteiger partial charge on any atom is 0.223 e. The fourth-order valence-corrected chi connectivity index (χ4v) is 1.68. The molecule has 1 atom stereocenters. The van der Waals surface area contributed by atoms with Crippen molar-refractivity contribution in [1.82, 2.24) is 4.90 Å². The summed E-state index contributed by atoms with van der Waals surface area (Å²) < 4.78 is 10.0. The minimum Gasteiger partial charge on any atom is -0.383 e. The zero-order valence-electron chi connectivity index (χ0n) is 9.66. The van der Waals surface area contributed by atoms with Gasteiger partial charge in [0.15, 0.2) is 0 Å². The third-order valence-electron chi connectivity index (χ3n) is 2.10. The molecule has 0 radical (unpaired) electrons. The number of hydrogen-bond acceptors (Lipinski definition) is 3. The van der Waals surface area contributed by atoms with Gasteiger partial charge < -0.3 is 14.4 Å². The quantitative estimate of drug-likeness (QED) is 0.630. The fraction of sp³-hybridized carbons (Fsp3) is 0.900. The first kappa shape index (κ1) is 14.9. The van der Waals surface area contributed by atoms with Crippen LogP contribution in [0.15, 0.2) is 0 Å². The lowest BCUT2D eigenvalue weighted by Gasteiger charge is -2.28. The van der Waals surface area contributed by atoms with Gasteiger partial charge in [-0.05, 0) is 6.92 Å². The van der Waals surface area contributed by atoms with Gasteiger partial charge in [-0.25, -0.2) is 0 Å². The van der Waals surface area contributed by atoms with E-state index in [0.29, 0.717) is 31.5 Å². The molecule has 0 aliphatic rings. The highest BCUT2D eigenvalue weighted by Crippen LogP contribution is 2.04. The summed E-state index contributed by atoms with van der Waals surface area (Å²) in [4.78, 5) is 13.6. The number of methoxy groups -OCH3 is 2. The minimum absolute atomic E-state index is 0.0942. The Morgan fingerprint density at radius 2 is 2.07 bits per heavy atom. The van der Waals surface area contributed by atoms with Crippen molar-refractivity contribution in [3.63, 3.8) is 0 Å². The van der Waals surface area contributed by atoms with Crippen LogP contribution in [-0.2, 0) is 14.3 Å². The Hall–Kier alpha value is -0.130. The summed E-state index contributed by atoms with van der Waals surface area (Å²) in [6.45, 7) is 3.71. The average molecular weight is 282 g/mol. The number of carbonyl (C=O) groups excluding carboxylic acids is 1. The summed E-state index contributed by atoms with van der Waals surface area (Å²) in [5, 5.41) is 0.690. The van der Waals surface area contributed by atoms with Crippen molar-refractivity contribution < 1.29 is 14.3 Å². The largest absolute Gasteiger partial charge is 0.383 e. The molecule has 5 heteroatoms. The summed E-state index contributed by atoms with van der Waals surface area (Å²) in [6.07, 6.45) is 0.512. The lowest BCUT2D eigenvalue weighted by Crippen LogP contribution is -2.43. The Bertz CT molecular complexity index is 178. The van der Waals surface area contributed by atoms with Gasteiger partial charge in [-0.15, -0.1) is 0 Å². The van der Waals surface area contributed by atoms with Gasteiger partial charge in [0.1, 0.15) is 0 Å². The van der Waals surface area contributed by atoms with Crippen LogP contribution >= 0.6 is 15.9 Å². The van der Waals surface area contributed by atoms with Gasteiger partial charge in [0.25, 0.3) is 0 Å². The Kier molecular flexibility index (Phi) is 9.04. The summed E-state index contributed by atoms with van der Waals surface area (Å²) in [5.74, 6) is 0.133. The maximum absolute atomic E-state index is 11.8. The lowest BCUT2D eigenvalue weighted by atomic mass is 10.2. The second kappa shape index (κ2) is 9.12. The highest BCUT2D eigenvalue weighted by molar-refractivity contribution is 9.09. The predicted molar refractivity (Wildman–Crippen MR) is 63.3 cm³/mol. The van der Waals surface area contributed by atoms with Crippen molar-refractivity contribution in [1.29, 1.82) is 0 Å². The van der Waals surface area contributed by atoms with E-state index in [1.165, 1.54) is 0 Å². The fourth-order valence-electron chi connectivity index (χ4n) is 1.34. The SMILES string of the molecule is COCCN(C(=O)CCBr)C(C)COC. The Morgan fingerprint density at radius 1 is 1.40 bits per heavy atom. The maximum atomic E-state index is 11.8. The van der Waals surface area contributed by atoms with Crippen LogP contribution in [0.5, 0.6) is 0 Å². The topological polar surface area (TPSA) is 38.8 Å². The van der Waals surface area contributed by atoms with E-state index in [-0.39, 0.29) is 11.9 Å². The highest BCUT2D eigenvalue weighted by atomic mass is 79.9. The molecule has 0 saturated carbocycles. The van der Waals surface area contributed by atoms with Gasteiger partial charge in [0.2, 0.25) is 5.91 Å². The minimum atomic E-state index is 0.0942. The molecule has 0 aliphatic heterocycles. The first-order valence-electron chi connectivity index (χ1n) is 5.00. The van der Waals surface area contributed by atoms with Crippen LogP contribution in [0.3, 0.4) is 0 Å². The molecule has 0 spiro atoms. The van der Waals surface area contributed by atoms with Crippen molar-refractivity contribution >= 4 is 21.8 Å². The van der Waals surface area contributed by atoms with Gasteiger partial charge >= 0.3 is 0 Å². The van der Waals surface area contributed by atoms with E-state index in [1.54, 1.807) is 19.1 Å². The van der Waals surface area contributed by atoms with Gasteiger partial charge in [0, 0.05) is 32.5 Å². The Morgan fingerprint density at radius 3 is 2.53 bits per heavy atom. The number of ether oxygens (including phenoxy) is 2. The number of carbonyl (C=O) groups is 1. The molecular weight excluding hydrogens is 262 g/mol. The molecule has 0 bridgehead atoms. The third kappa shape index (κ3) is 6.12. The van der Waals surface area contributed by atoms with Gasteiger partial charge in [-0.2, -0.15) is 0 Å². The van der Waals surface area contributed by atoms with E-state index in [9.17, 15) is 4.79 Å². The molecule has 0 saturated heterocycles. The second-order valence-corrected chi connectivity index (χ2v) is 4.12. The van der Waals surface area contributed by atoms with E-state index in [4.69, 9.17) is 9.47 Å². The van der Waals surface area contributed by atoms with Crippen LogP contribution in [-0.4, -0.2) is 56.2 Å². The molecule has 0 aliphatic carbocycles. The third-order valence-corrected chi connectivity index (χ3v) is 2.50. The van der Waals surface area contributed by atoms with Crippen molar-refractivity contribution in [2.45, 2.75) is 19.4 Å². The molecule has 4 nitrogen and oxygen atoms in total. The lowest BCUT2D eigenvalue weighted by molar-refractivity contribution is -0.134. The number of rotatable bonds is 8. The number of amides is 1. The standard InChI is InChI=1S/C10H20BrNO3/c1-9(8-15-3)12(6-7-14-2)10(13)4-5-11/h9H,4-8H2,1-3H3. The zero-order valence-corrected chi connectivity index (χ0v) is 11.2. The van der Waals surface area contributed by atoms with Crippen LogP contribution in [0, 0.1) is 0 Å². The van der Waals surface area contributed by atoms with Crippen LogP contribution in [0.2, 0.25) is 0 Å². The van der Waals surface area contributed by atoms with Crippen LogP contribution in [0.25, 0.3) is 0 Å². The molecule has 15 heavy (non-hydrogen) atoms. The van der Waals surface area contributed by atoms with Crippen LogP contribution < -0.4 is 0 Å². The van der Waals surface area contributed by atoms with Gasteiger partial charge in [-0.1, -0.05) is 15.9 Å². The predicted octanol–water partition coefficient (Wildman–Crippen LogP) is 1.28. The van der Waals surface area contributed by atoms with E-state index in [0.717, 1.165) is 0 Å². The first-order chi connectivity index (χ1) is 7.17. The van der Waals surface area contributed by atoms with Crippen molar-refractivity contribution in [2.24, 2.45) is 0 Å². The number of alkyl halides is 1. The molecule has 0 aromatic carbocycles. The molecule has 90 valence electrons. The van der Waals surface area contributed by atoms with E-state index in [1.807, 2.05) is 6.92 Å². The monoisotopic (exact) mass is 281 g/mol. The molecule has 0 rings (SSSR count). The van der Waals surface area contributed by atoms with Crippen molar-refractivity contribution in [3.05, 3.63) is 0 Å². The Balaban J connectivity index is 4.21. The molecule has 0 aromatic heterocycles. The van der Waals surface area contributed by atoms with Gasteiger partial charge in [-0.3, -0.25) is 4.79 Å². The van der Waals surface area contributed by atoms with Crippen molar-refractivity contribution in [2.75, 3.05) is 39.3 Å². The van der Waals surface area contributed by atoms with Crippen LogP contribution in [0.4, 0.5) is 0 Å². The number of hydrogen-bond donors (Lipinski definition) is 0. The zero-order chi connectivity index (χ0) is 11.7. The number of nitrogens with zero attached hydrogens (tertiary/aromatic N) is 1. The summed E-state index contributed by atoms with van der Waals surface area (Å²) in [5.41, 5.74) is 0. The molecular formula is C10H20BrNO3. The molecule has 1 unspecified atom stereocenters. The summed E-state index contributed by atoms with van der Waals surface area (Å²) in [7, 11) is 3.27. The van der Waals surface area contributed by atoms with E-state index < -0.39 is 0 Å². The molecule has 0 N–H and O–H groups in total. The number of halogens is 1. The first-order valence-corrected chi connectivity index (χ1v) is 6.12. The molecule has 1 amide bonds. The summed E-state index contributed by atoms with van der Waals surface area (Å²) in [6, 6.07) is 0.0942. The average Bonchev–Trinajstić information content (AvgIpc) is 2.19. The second-order valence-electron chi connectivity index (χ2n) is 3.32. The van der Waals surface area contributed by atoms with E-state index in [2.05, 4.69) is 15.9 Å². The molecule has 0 aromatic rings. The van der Waals surface area contributed by atoms with Crippen molar-refractivity contribution in [3.8, 4) is 0 Å².